The first-order valence-corrected chi connectivity index (χ1v) is 7.97. The molecule has 0 saturated heterocycles. The third-order valence-corrected chi connectivity index (χ3v) is 4.28. The minimum absolute atomic E-state index is 0.511. The van der Waals surface area contributed by atoms with Crippen molar-refractivity contribution in [2.24, 2.45) is 0 Å². The average molecular weight is 512 g/mol. The quantitative estimate of drug-likeness (QED) is 0.250. The molecule has 0 rings (SSSR count). The van der Waals surface area contributed by atoms with E-state index in [-0.39, 0.29) is 0 Å². The summed E-state index contributed by atoms with van der Waals surface area (Å²) in [6.45, 7) is -3.39. The molecule has 1 atom stereocenters. The summed E-state index contributed by atoms with van der Waals surface area (Å²) in [6.07, 6.45) is -30.1. The van der Waals surface area contributed by atoms with Crippen molar-refractivity contribution in [2.75, 3.05) is 6.67 Å². The lowest BCUT2D eigenvalue weighted by Crippen LogP contribution is -2.68. The van der Waals surface area contributed by atoms with Gasteiger partial charge in [0, 0.05) is 0 Å². The molecule has 0 aliphatic rings. The zero-order chi connectivity index (χ0) is 24.8. The first kappa shape index (κ1) is 28.9. The molecule has 3 nitrogen and oxygen atoms in total. The van der Waals surface area contributed by atoms with Crippen LogP contribution in [0.1, 0.15) is 6.92 Å². The van der Waals surface area contributed by atoms with Gasteiger partial charge in [0.15, 0.2) is 0 Å². The van der Waals surface area contributed by atoms with Gasteiger partial charge in [0.25, 0.3) is 0 Å². The Kier molecular flexibility index (Phi) is 7.51. The summed E-state index contributed by atoms with van der Waals surface area (Å²) in [5.41, 5.74) is 0. The fourth-order valence-corrected chi connectivity index (χ4v) is 3.06. The highest BCUT2D eigenvalue weighted by Crippen LogP contribution is 2.53. The Morgan fingerprint density at radius 2 is 0.767 bits per heavy atom. The van der Waals surface area contributed by atoms with Gasteiger partial charge in [-0.3, -0.25) is 8.85 Å². The van der Waals surface area contributed by atoms with Gasteiger partial charge in [-0.15, -0.1) is 0 Å². The number of rotatable bonds is 7. The maximum Gasteiger partial charge on any atom is 0.728 e. The van der Waals surface area contributed by atoms with E-state index in [1.54, 1.807) is 0 Å². The minimum atomic E-state index is -8.86. The standard InChI is InChI=1S/C9H5F17O3Si/c1-3(11,2-10)27-30(26,28-4(12,6(14,15)16)7(17,18)19)29-5(13,8(20,21)22)9(23,24)25/h2H2,1H3. The monoisotopic (exact) mass is 512 g/mol. The molecule has 30 heavy (non-hydrogen) atoms. The smallest absolute Gasteiger partial charge is 0.311 e. The van der Waals surface area contributed by atoms with E-state index in [2.05, 4.69) is 4.43 Å². The van der Waals surface area contributed by atoms with Gasteiger partial charge < -0.3 is 4.43 Å². The molecule has 0 N–H and O–H groups in total. The first-order chi connectivity index (χ1) is 12.7. The molecule has 0 spiro atoms. The molecule has 0 aromatic rings. The zero-order valence-corrected chi connectivity index (χ0v) is 14.4. The summed E-state index contributed by atoms with van der Waals surface area (Å²) in [4.78, 5) is 0. The Morgan fingerprint density at radius 3 is 0.933 bits per heavy atom. The molecule has 1 unspecified atom stereocenters. The van der Waals surface area contributed by atoms with E-state index in [0.29, 0.717) is 0 Å². The number of hydrogen-bond donors (Lipinski definition) is 0. The van der Waals surface area contributed by atoms with Crippen molar-refractivity contribution in [1.29, 1.82) is 0 Å². The highest BCUT2D eigenvalue weighted by atomic mass is 28.4. The van der Waals surface area contributed by atoms with Gasteiger partial charge in [0.05, 0.1) is 0 Å². The molecule has 0 aliphatic carbocycles. The van der Waals surface area contributed by atoms with E-state index in [1.807, 2.05) is 8.85 Å². The van der Waals surface area contributed by atoms with Crippen LogP contribution < -0.4 is 0 Å². The fraction of sp³-hybridized carbons (Fsp3) is 1.00. The topological polar surface area (TPSA) is 27.7 Å². The van der Waals surface area contributed by atoms with Gasteiger partial charge >= 0.3 is 45.6 Å². The van der Waals surface area contributed by atoms with Crippen LogP contribution in [0.3, 0.4) is 0 Å². The third-order valence-electron chi connectivity index (χ3n) is 2.56. The Labute approximate surface area is 154 Å². The van der Waals surface area contributed by atoms with Gasteiger partial charge in [0.2, 0.25) is 5.85 Å². The minimum Gasteiger partial charge on any atom is -0.311 e. The largest absolute Gasteiger partial charge is 0.728 e. The summed E-state index contributed by atoms with van der Waals surface area (Å²) < 4.78 is 221. The normalized spacial score (nSPS) is 17.8. The van der Waals surface area contributed by atoms with Crippen LogP contribution in [0.2, 0.25) is 0 Å². The summed E-state index contributed by atoms with van der Waals surface area (Å²) in [5.74, 6) is -19.7. The van der Waals surface area contributed by atoms with Crippen molar-refractivity contribution in [3.8, 4) is 0 Å². The van der Waals surface area contributed by atoms with E-state index in [4.69, 9.17) is 0 Å². The Bertz CT molecular complexity index is 521. The fourth-order valence-electron chi connectivity index (χ4n) is 1.23. The van der Waals surface area contributed by atoms with Crippen LogP contribution in [-0.4, -0.2) is 58.1 Å². The molecule has 0 fully saturated rings. The number of hydrogen-bond acceptors (Lipinski definition) is 3. The van der Waals surface area contributed by atoms with Crippen molar-refractivity contribution >= 4 is 9.14 Å². The Balaban J connectivity index is 6.73. The third kappa shape index (κ3) is 5.78. The van der Waals surface area contributed by atoms with E-state index in [9.17, 15) is 74.4 Å². The van der Waals surface area contributed by atoms with Gasteiger partial charge in [-0.25, -0.2) is 12.9 Å². The predicted octanol–water partition coefficient (Wildman–Crippen LogP) is 5.68. The van der Waals surface area contributed by atoms with Crippen LogP contribution in [0.25, 0.3) is 0 Å². The van der Waals surface area contributed by atoms with E-state index in [0.717, 1.165) is 0 Å². The Hall–Kier alpha value is -1.09. The van der Waals surface area contributed by atoms with Crippen molar-refractivity contribution in [3.63, 3.8) is 0 Å². The summed E-state index contributed by atoms with van der Waals surface area (Å²) in [7, 11) is -8.86. The van der Waals surface area contributed by atoms with Crippen LogP contribution in [0.15, 0.2) is 0 Å². The molecule has 0 aromatic carbocycles. The predicted molar refractivity (Wildman–Crippen MR) is 57.5 cm³/mol. The van der Waals surface area contributed by atoms with Crippen molar-refractivity contribution in [2.45, 2.75) is 49.2 Å². The van der Waals surface area contributed by atoms with Gasteiger partial charge in [-0.2, -0.15) is 61.5 Å². The van der Waals surface area contributed by atoms with E-state index in [1.165, 1.54) is 0 Å². The van der Waals surface area contributed by atoms with Gasteiger partial charge in [-0.1, -0.05) is 0 Å². The second kappa shape index (κ2) is 7.80. The summed E-state index contributed by atoms with van der Waals surface area (Å²) in [5, 5.41) is 0. The van der Waals surface area contributed by atoms with Crippen molar-refractivity contribution in [1.82, 2.24) is 0 Å². The van der Waals surface area contributed by atoms with Gasteiger partial charge in [0.1, 0.15) is 6.67 Å². The molecular weight excluding hydrogens is 507 g/mol. The summed E-state index contributed by atoms with van der Waals surface area (Å²) >= 11 is 0. The lowest BCUT2D eigenvalue weighted by molar-refractivity contribution is -0.442. The molecule has 0 bridgehead atoms. The highest BCUT2D eigenvalue weighted by molar-refractivity contribution is 6.53. The molecule has 0 saturated carbocycles. The molecule has 0 radical (unpaired) electrons. The van der Waals surface area contributed by atoms with Crippen LogP contribution in [-0.2, 0) is 13.3 Å². The summed E-state index contributed by atoms with van der Waals surface area (Å²) in [6, 6.07) is 0. The maximum absolute atomic E-state index is 14.2. The Morgan fingerprint density at radius 1 is 0.533 bits per heavy atom. The zero-order valence-electron chi connectivity index (χ0n) is 13.4. The second-order valence-corrected chi connectivity index (χ2v) is 6.78. The molecule has 0 aromatic heterocycles. The average Bonchev–Trinajstić information content (AvgIpc) is 2.41. The molecule has 21 heteroatoms. The molecule has 0 amide bonds. The van der Waals surface area contributed by atoms with Crippen LogP contribution in [0, 0.1) is 0 Å². The first-order valence-electron chi connectivity index (χ1n) is 6.37. The lowest BCUT2D eigenvalue weighted by Gasteiger charge is -2.38. The van der Waals surface area contributed by atoms with Crippen molar-refractivity contribution < 1.29 is 87.6 Å². The lowest BCUT2D eigenvalue weighted by atomic mass is 10.3. The van der Waals surface area contributed by atoms with E-state index >= 15 is 0 Å². The number of halogens is 17. The SMILES string of the molecule is CC(F)(CF)O[Si](F)(OC(F)(C(F)(F)F)C(F)(F)F)OC(F)(C(F)(F)F)C(F)(F)F. The highest BCUT2D eigenvalue weighted by Gasteiger charge is 2.83. The van der Waals surface area contributed by atoms with Gasteiger partial charge in [-0.05, 0) is 6.92 Å². The van der Waals surface area contributed by atoms with E-state index < -0.39 is 65.0 Å². The van der Waals surface area contributed by atoms with Crippen LogP contribution >= 0.6 is 0 Å². The van der Waals surface area contributed by atoms with Crippen LogP contribution in [0.4, 0.5) is 74.4 Å². The molecule has 182 valence electrons. The van der Waals surface area contributed by atoms with Crippen molar-refractivity contribution in [3.05, 3.63) is 0 Å². The number of alkyl halides is 16. The van der Waals surface area contributed by atoms with Crippen LogP contribution in [0.5, 0.6) is 0 Å². The molecule has 0 heterocycles. The maximum atomic E-state index is 14.2. The second-order valence-electron chi connectivity index (χ2n) is 5.20. The molecule has 0 aliphatic heterocycles. The molecular formula is C9H5F17O3Si.